The summed E-state index contributed by atoms with van der Waals surface area (Å²) in [5.41, 5.74) is -8.34. The molecule has 0 saturated carbocycles. The Bertz CT molecular complexity index is 1580. The molecule has 56 heavy (non-hydrogen) atoms. The molecule has 14 heteroatoms. The summed E-state index contributed by atoms with van der Waals surface area (Å²) in [6, 6.07) is 9.67. The fraction of sp³-hybridized carbons (Fsp3) is 0.714. The standard InChI is InChI=1S/C42H64O14/c1-25(29(50-27(3)43)26(2)24-28-20-18-17-19-21-28)22-23-40-30(51-39(13,14)49-16)31(48-15)42(56-40,35(46)55-38(10,11)12)41(47,34(45)54-37(7,8)9)32(52-40)33(44)53-36(4,5)6/h17-21,26,29-32,47H,1,22-24H2,2-16H3/t26?,29?,30-,31-,32-,40-,41-,42-/m1/s1. The maximum absolute atomic E-state index is 14.9. The number of aliphatic hydroxyl groups is 1. The van der Waals surface area contributed by atoms with E-state index in [0.717, 1.165) is 5.56 Å². The van der Waals surface area contributed by atoms with E-state index >= 15 is 0 Å². The van der Waals surface area contributed by atoms with Crippen molar-refractivity contribution in [3.63, 3.8) is 0 Å². The monoisotopic (exact) mass is 792 g/mol. The van der Waals surface area contributed by atoms with Crippen molar-refractivity contribution < 1.29 is 66.9 Å². The summed E-state index contributed by atoms with van der Waals surface area (Å²) < 4.78 is 54.6. The van der Waals surface area contributed by atoms with Crippen LogP contribution in [0.15, 0.2) is 42.5 Å². The molecule has 3 rings (SSSR count). The molecule has 0 aliphatic carbocycles. The molecule has 2 aliphatic heterocycles. The Kier molecular flexibility index (Phi) is 14.1. The molecule has 8 atom stereocenters. The van der Waals surface area contributed by atoms with E-state index in [9.17, 15) is 24.3 Å². The number of hydrogen-bond acceptors (Lipinski definition) is 14. The molecule has 2 aliphatic rings. The largest absolute Gasteiger partial charge is 0.458 e. The first-order valence-corrected chi connectivity index (χ1v) is 18.9. The van der Waals surface area contributed by atoms with E-state index in [0.29, 0.717) is 12.0 Å². The average Bonchev–Trinajstić information content (AvgIpc) is 3.28. The second-order valence-corrected chi connectivity index (χ2v) is 18.1. The van der Waals surface area contributed by atoms with E-state index in [1.165, 1.54) is 21.1 Å². The van der Waals surface area contributed by atoms with E-state index in [2.05, 4.69) is 6.58 Å². The molecule has 0 aromatic heterocycles. The molecule has 2 heterocycles. The van der Waals surface area contributed by atoms with E-state index in [-0.39, 0.29) is 18.8 Å². The third-order valence-electron chi connectivity index (χ3n) is 9.30. The summed E-state index contributed by atoms with van der Waals surface area (Å²) >= 11 is 0. The molecule has 1 aromatic carbocycles. The van der Waals surface area contributed by atoms with E-state index in [1.807, 2.05) is 37.3 Å². The second kappa shape index (κ2) is 16.8. The maximum atomic E-state index is 14.9. The molecule has 0 amide bonds. The molecule has 1 aromatic rings. The quantitative estimate of drug-likeness (QED) is 0.102. The van der Waals surface area contributed by atoms with Crippen molar-refractivity contribution in [2.75, 3.05) is 14.2 Å². The fourth-order valence-electron chi connectivity index (χ4n) is 6.95. The van der Waals surface area contributed by atoms with Crippen molar-refractivity contribution in [3.05, 3.63) is 48.0 Å². The zero-order chi connectivity index (χ0) is 42.9. The molecule has 2 fully saturated rings. The van der Waals surface area contributed by atoms with Gasteiger partial charge >= 0.3 is 23.9 Å². The van der Waals surface area contributed by atoms with Gasteiger partial charge in [0, 0.05) is 33.5 Å². The minimum Gasteiger partial charge on any atom is -0.458 e. The Balaban J connectivity index is 2.35. The Morgan fingerprint density at radius 1 is 0.839 bits per heavy atom. The summed E-state index contributed by atoms with van der Waals surface area (Å²) in [4.78, 5) is 56.2. The molecular formula is C42H64O14. The van der Waals surface area contributed by atoms with Gasteiger partial charge in [0.05, 0.1) is 0 Å². The molecule has 14 nitrogen and oxygen atoms in total. The lowest BCUT2D eigenvalue weighted by Crippen LogP contribution is -2.79. The Morgan fingerprint density at radius 2 is 1.38 bits per heavy atom. The first-order chi connectivity index (χ1) is 25.5. The maximum Gasteiger partial charge on any atom is 0.346 e. The van der Waals surface area contributed by atoms with E-state index < -0.39 is 87.9 Å². The molecule has 0 spiro atoms. The van der Waals surface area contributed by atoms with Crippen LogP contribution in [0.3, 0.4) is 0 Å². The third kappa shape index (κ3) is 10.4. The number of fused-ring (bicyclic) bond motifs is 2. The number of carbonyl (C=O) groups is 4. The van der Waals surface area contributed by atoms with Crippen molar-refractivity contribution in [2.24, 2.45) is 5.92 Å². The van der Waals surface area contributed by atoms with Gasteiger partial charge in [-0.1, -0.05) is 43.8 Å². The van der Waals surface area contributed by atoms with Crippen molar-refractivity contribution in [1.82, 2.24) is 0 Å². The highest BCUT2D eigenvalue weighted by Gasteiger charge is 2.86. The molecule has 316 valence electrons. The number of ether oxygens (including phenoxy) is 9. The molecule has 1 N–H and O–H groups in total. The van der Waals surface area contributed by atoms with Crippen molar-refractivity contribution in [2.45, 2.75) is 173 Å². The lowest BCUT2D eigenvalue weighted by atomic mass is 9.74. The molecule has 0 radical (unpaired) electrons. The van der Waals surface area contributed by atoms with Gasteiger partial charge in [0.1, 0.15) is 35.1 Å². The van der Waals surface area contributed by atoms with Gasteiger partial charge in [-0.05, 0) is 100 Å². The number of carbonyl (C=O) groups excluding carboxylic acids is 4. The average molecular weight is 793 g/mol. The van der Waals surface area contributed by atoms with Gasteiger partial charge < -0.3 is 47.7 Å². The van der Waals surface area contributed by atoms with E-state index in [1.54, 1.807) is 76.2 Å². The van der Waals surface area contributed by atoms with Crippen LogP contribution in [0.4, 0.5) is 0 Å². The smallest absolute Gasteiger partial charge is 0.346 e. The van der Waals surface area contributed by atoms with Crippen LogP contribution >= 0.6 is 0 Å². The van der Waals surface area contributed by atoms with Gasteiger partial charge in [-0.15, -0.1) is 0 Å². The van der Waals surface area contributed by atoms with Crippen LogP contribution in [-0.2, 0) is 68.2 Å². The Hall–Kier alpha value is -3.40. The van der Waals surface area contributed by atoms with Crippen molar-refractivity contribution >= 4 is 23.9 Å². The van der Waals surface area contributed by atoms with Crippen LogP contribution in [0.2, 0.25) is 0 Å². The lowest BCUT2D eigenvalue weighted by Gasteiger charge is -2.51. The molecule has 2 unspecified atom stereocenters. The third-order valence-corrected chi connectivity index (χ3v) is 9.30. The highest BCUT2D eigenvalue weighted by molar-refractivity contribution is 5.99. The fourth-order valence-corrected chi connectivity index (χ4v) is 6.95. The zero-order valence-corrected chi connectivity index (χ0v) is 35.9. The molecular weight excluding hydrogens is 728 g/mol. The van der Waals surface area contributed by atoms with Crippen LogP contribution in [0.5, 0.6) is 0 Å². The minimum atomic E-state index is -3.30. The SMILES string of the molecule is C=C(CC[C@@]12O[C@H](C(=O)OC(C)(C)C)[C@@](O)(C(=O)OC(C)(C)C)[C@@](C(=O)OC(C)(C)C)(O1)[C@H](OC)[C@H]2OC(C)(C)OC)C(OC(C)=O)C(C)Cc1ccccc1. The second-order valence-electron chi connectivity index (χ2n) is 18.1. The lowest BCUT2D eigenvalue weighted by molar-refractivity contribution is -0.387. The first-order valence-electron chi connectivity index (χ1n) is 18.9. The summed E-state index contributed by atoms with van der Waals surface area (Å²) in [6.45, 7) is 24.9. The predicted octanol–water partition coefficient (Wildman–Crippen LogP) is 5.54. The summed E-state index contributed by atoms with van der Waals surface area (Å²) in [5, 5.41) is 13.0. The highest BCUT2D eigenvalue weighted by Crippen LogP contribution is 2.58. The van der Waals surface area contributed by atoms with Gasteiger partial charge in [-0.3, -0.25) is 4.79 Å². The Morgan fingerprint density at radius 3 is 1.86 bits per heavy atom. The van der Waals surface area contributed by atoms with Crippen LogP contribution in [-0.4, -0.2) is 107 Å². The number of methoxy groups -OCH3 is 2. The highest BCUT2D eigenvalue weighted by atomic mass is 16.8. The molecule has 2 saturated heterocycles. The minimum absolute atomic E-state index is 0.00289. The van der Waals surface area contributed by atoms with Crippen LogP contribution < -0.4 is 0 Å². The molecule has 2 bridgehead atoms. The van der Waals surface area contributed by atoms with Gasteiger partial charge in [0.15, 0.2) is 5.79 Å². The summed E-state index contributed by atoms with van der Waals surface area (Å²) in [6.07, 6.45) is -6.00. The van der Waals surface area contributed by atoms with E-state index in [4.69, 9.17) is 42.6 Å². The predicted molar refractivity (Wildman–Crippen MR) is 204 cm³/mol. The van der Waals surface area contributed by atoms with Gasteiger partial charge in [0.2, 0.25) is 23.1 Å². The number of rotatable bonds is 15. The van der Waals surface area contributed by atoms with Crippen molar-refractivity contribution in [1.29, 1.82) is 0 Å². The van der Waals surface area contributed by atoms with Crippen molar-refractivity contribution in [3.8, 4) is 0 Å². The normalized spacial score (nSPS) is 27.8. The van der Waals surface area contributed by atoms with Crippen LogP contribution in [0.25, 0.3) is 0 Å². The first kappa shape index (κ1) is 47.0. The number of esters is 4. The topological polar surface area (TPSA) is 172 Å². The van der Waals surface area contributed by atoms with Crippen LogP contribution in [0, 0.1) is 5.92 Å². The number of hydrogen-bond donors (Lipinski definition) is 1. The number of benzene rings is 1. The van der Waals surface area contributed by atoms with Gasteiger partial charge in [-0.25, -0.2) is 14.4 Å². The summed E-state index contributed by atoms with van der Waals surface area (Å²) in [5.74, 6) is -8.30. The summed E-state index contributed by atoms with van der Waals surface area (Å²) in [7, 11) is 2.62. The van der Waals surface area contributed by atoms with Crippen LogP contribution in [0.1, 0.15) is 108 Å². The Labute approximate surface area is 331 Å². The van der Waals surface area contributed by atoms with Gasteiger partial charge in [0.25, 0.3) is 0 Å². The van der Waals surface area contributed by atoms with Gasteiger partial charge in [-0.2, -0.15) is 0 Å². The zero-order valence-electron chi connectivity index (χ0n) is 35.9.